The minimum atomic E-state index is -0.376. The van der Waals surface area contributed by atoms with E-state index in [0.717, 1.165) is 5.56 Å². The maximum atomic E-state index is 12.1. The van der Waals surface area contributed by atoms with Gasteiger partial charge < -0.3 is 19.7 Å². The zero-order chi connectivity index (χ0) is 19.1. The smallest absolute Gasteiger partial charge is 0.409 e. The first-order chi connectivity index (χ1) is 13.1. The molecule has 3 rings (SSSR count). The number of carbonyl (C=O) groups excluding carboxylic acids is 2. The normalized spacial score (nSPS) is 13.0. The van der Waals surface area contributed by atoms with Crippen LogP contribution in [-0.4, -0.2) is 36.6 Å². The van der Waals surface area contributed by atoms with Gasteiger partial charge in [-0.05, 0) is 29.8 Å². The van der Waals surface area contributed by atoms with Crippen LogP contribution in [0.2, 0.25) is 0 Å². The highest BCUT2D eigenvalue weighted by Crippen LogP contribution is 2.19. The Morgan fingerprint density at radius 1 is 1.26 bits per heavy atom. The summed E-state index contributed by atoms with van der Waals surface area (Å²) >= 11 is 0. The lowest BCUT2D eigenvalue weighted by Gasteiger charge is -2.13. The molecule has 2 aromatic carbocycles. The van der Waals surface area contributed by atoms with E-state index >= 15 is 0 Å². The molecule has 0 unspecified atom stereocenters. The summed E-state index contributed by atoms with van der Waals surface area (Å²) in [4.78, 5) is 24.9. The largest absolute Gasteiger partial charge is 0.489 e. The van der Waals surface area contributed by atoms with Crippen molar-refractivity contribution in [1.82, 2.24) is 4.90 Å². The van der Waals surface area contributed by atoms with Gasteiger partial charge in [-0.15, -0.1) is 0 Å². The molecule has 7 heteroatoms. The molecule has 1 N–H and O–H groups in total. The number of ether oxygens (including phenoxy) is 2. The molecule has 0 spiro atoms. The van der Waals surface area contributed by atoms with E-state index in [1.807, 2.05) is 12.1 Å². The summed E-state index contributed by atoms with van der Waals surface area (Å²) in [6.07, 6.45) is -0.181. The summed E-state index contributed by atoms with van der Waals surface area (Å²) < 4.78 is 10.6. The standard InChI is InChI=1S/C20H19N3O4/c21-13-15-3-1-4-16(11-15)14-27-18-6-2-5-17(12-18)22-19(24)7-8-23-9-10-26-20(23)25/h1-6,11-12H,7-10,14H2,(H,22,24). The highest BCUT2D eigenvalue weighted by atomic mass is 16.6. The first-order valence-corrected chi connectivity index (χ1v) is 8.57. The van der Waals surface area contributed by atoms with Crippen LogP contribution in [-0.2, 0) is 16.1 Å². The van der Waals surface area contributed by atoms with Gasteiger partial charge in [-0.2, -0.15) is 5.26 Å². The first-order valence-electron chi connectivity index (χ1n) is 8.57. The topological polar surface area (TPSA) is 91.7 Å². The van der Waals surface area contributed by atoms with E-state index in [0.29, 0.717) is 43.3 Å². The number of hydrogen-bond donors (Lipinski definition) is 1. The van der Waals surface area contributed by atoms with Crippen molar-refractivity contribution in [2.24, 2.45) is 0 Å². The summed E-state index contributed by atoms with van der Waals surface area (Å²) in [5, 5.41) is 11.7. The van der Waals surface area contributed by atoms with Crippen molar-refractivity contribution in [3.05, 3.63) is 59.7 Å². The fraction of sp³-hybridized carbons (Fsp3) is 0.250. The minimum Gasteiger partial charge on any atom is -0.489 e. The number of hydrogen-bond acceptors (Lipinski definition) is 5. The Kier molecular flexibility index (Phi) is 5.90. The van der Waals surface area contributed by atoms with Crippen molar-refractivity contribution >= 4 is 17.7 Å². The van der Waals surface area contributed by atoms with E-state index in [1.54, 1.807) is 36.4 Å². The van der Waals surface area contributed by atoms with Gasteiger partial charge in [0.1, 0.15) is 19.0 Å². The summed E-state index contributed by atoms with van der Waals surface area (Å²) in [6, 6.07) is 16.4. The Morgan fingerprint density at radius 3 is 2.89 bits per heavy atom. The van der Waals surface area contributed by atoms with Gasteiger partial charge in [0.15, 0.2) is 0 Å². The van der Waals surface area contributed by atoms with Crippen LogP contribution < -0.4 is 10.1 Å². The molecule has 2 aromatic rings. The van der Waals surface area contributed by atoms with Gasteiger partial charge in [0.25, 0.3) is 0 Å². The van der Waals surface area contributed by atoms with Gasteiger partial charge in [-0.1, -0.05) is 18.2 Å². The van der Waals surface area contributed by atoms with Crippen molar-refractivity contribution < 1.29 is 19.1 Å². The van der Waals surface area contributed by atoms with E-state index < -0.39 is 0 Å². The molecule has 1 aliphatic heterocycles. The molecule has 1 aliphatic rings. The van der Waals surface area contributed by atoms with Crippen LogP contribution in [0.15, 0.2) is 48.5 Å². The highest BCUT2D eigenvalue weighted by molar-refractivity contribution is 5.91. The summed E-state index contributed by atoms with van der Waals surface area (Å²) in [5.74, 6) is 0.423. The van der Waals surface area contributed by atoms with Crippen molar-refractivity contribution in [2.75, 3.05) is 25.0 Å². The average Bonchev–Trinajstić information content (AvgIpc) is 3.10. The third kappa shape index (κ3) is 5.22. The molecule has 0 aromatic heterocycles. The van der Waals surface area contributed by atoms with Crippen LogP contribution in [0, 0.1) is 11.3 Å². The Bertz CT molecular complexity index is 876. The van der Waals surface area contributed by atoms with Crippen LogP contribution in [0.3, 0.4) is 0 Å². The van der Waals surface area contributed by atoms with E-state index in [2.05, 4.69) is 11.4 Å². The highest BCUT2D eigenvalue weighted by Gasteiger charge is 2.22. The maximum absolute atomic E-state index is 12.1. The first kappa shape index (κ1) is 18.3. The lowest BCUT2D eigenvalue weighted by atomic mass is 10.1. The quantitative estimate of drug-likeness (QED) is 0.814. The van der Waals surface area contributed by atoms with Gasteiger partial charge >= 0.3 is 6.09 Å². The molecule has 1 saturated heterocycles. The Balaban J connectivity index is 1.51. The maximum Gasteiger partial charge on any atom is 0.409 e. The average molecular weight is 365 g/mol. The molecule has 2 amide bonds. The third-order valence-electron chi connectivity index (χ3n) is 4.03. The number of nitriles is 1. The van der Waals surface area contributed by atoms with Crippen molar-refractivity contribution in [3.8, 4) is 11.8 Å². The molecule has 0 bridgehead atoms. The Hall–Kier alpha value is -3.53. The van der Waals surface area contributed by atoms with Crippen LogP contribution in [0.5, 0.6) is 5.75 Å². The molecule has 0 radical (unpaired) electrons. The lowest BCUT2D eigenvalue weighted by Crippen LogP contribution is -2.28. The second-order valence-corrected chi connectivity index (χ2v) is 6.03. The molecule has 1 heterocycles. The lowest BCUT2D eigenvalue weighted by molar-refractivity contribution is -0.116. The summed E-state index contributed by atoms with van der Waals surface area (Å²) in [7, 11) is 0. The molecule has 0 aliphatic carbocycles. The molecule has 7 nitrogen and oxygen atoms in total. The monoisotopic (exact) mass is 365 g/mol. The van der Waals surface area contributed by atoms with Crippen LogP contribution in [0.25, 0.3) is 0 Å². The predicted octanol–water partition coefficient (Wildman–Crippen LogP) is 2.92. The molecular formula is C20H19N3O4. The summed E-state index contributed by atoms with van der Waals surface area (Å²) in [5.41, 5.74) is 2.09. The minimum absolute atomic E-state index is 0.187. The molecule has 0 atom stereocenters. The number of cyclic esters (lactones) is 1. The zero-order valence-electron chi connectivity index (χ0n) is 14.7. The van der Waals surface area contributed by atoms with Gasteiger partial charge in [-0.25, -0.2) is 4.79 Å². The number of rotatable bonds is 7. The number of nitrogens with one attached hydrogen (secondary N) is 1. The number of nitrogens with zero attached hydrogens (tertiary/aromatic N) is 2. The molecular weight excluding hydrogens is 346 g/mol. The summed E-state index contributed by atoms with van der Waals surface area (Å²) in [6.45, 7) is 1.54. The van der Waals surface area contributed by atoms with E-state index in [4.69, 9.17) is 14.7 Å². The SMILES string of the molecule is N#Cc1cccc(COc2cccc(NC(=O)CCN3CCOC3=O)c2)c1. The Labute approximate surface area is 157 Å². The van der Waals surface area contributed by atoms with Crippen LogP contribution >= 0.6 is 0 Å². The molecule has 27 heavy (non-hydrogen) atoms. The molecule has 0 saturated carbocycles. The second kappa shape index (κ2) is 8.72. The van der Waals surface area contributed by atoms with Gasteiger partial charge in [0.05, 0.1) is 18.2 Å². The number of carbonyl (C=O) groups is 2. The van der Waals surface area contributed by atoms with Gasteiger partial charge in [0.2, 0.25) is 5.91 Å². The fourth-order valence-corrected chi connectivity index (χ4v) is 2.65. The second-order valence-electron chi connectivity index (χ2n) is 6.03. The Morgan fingerprint density at radius 2 is 2.11 bits per heavy atom. The van der Waals surface area contributed by atoms with Crippen molar-refractivity contribution in [2.45, 2.75) is 13.0 Å². The predicted molar refractivity (Wildman–Crippen MR) is 98.1 cm³/mol. The molecule has 138 valence electrons. The van der Waals surface area contributed by atoms with Gasteiger partial charge in [-0.3, -0.25) is 4.79 Å². The van der Waals surface area contributed by atoms with E-state index in [-0.39, 0.29) is 18.4 Å². The van der Waals surface area contributed by atoms with E-state index in [9.17, 15) is 9.59 Å². The fourth-order valence-electron chi connectivity index (χ4n) is 2.65. The number of anilines is 1. The van der Waals surface area contributed by atoms with E-state index in [1.165, 1.54) is 4.90 Å². The van der Waals surface area contributed by atoms with Crippen LogP contribution in [0.1, 0.15) is 17.5 Å². The number of amides is 2. The molecule has 1 fully saturated rings. The van der Waals surface area contributed by atoms with Crippen molar-refractivity contribution in [1.29, 1.82) is 5.26 Å². The third-order valence-corrected chi connectivity index (χ3v) is 4.03. The zero-order valence-corrected chi connectivity index (χ0v) is 14.7. The van der Waals surface area contributed by atoms with Gasteiger partial charge in [0, 0.05) is 24.7 Å². The van der Waals surface area contributed by atoms with Crippen LogP contribution in [0.4, 0.5) is 10.5 Å². The van der Waals surface area contributed by atoms with Crippen molar-refractivity contribution in [3.63, 3.8) is 0 Å². The number of benzene rings is 2.